The van der Waals surface area contributed by atoms with Crippen LogP contribution in [-0.4, -0.2) is 25.6 Å². The lowest BCUT2D eigenvalue weighted by atomic mass is 10.0. The quantitative estimate of drug-likeness (QED) is 0.390. The van der Waals surface area contributed by atoms with Crippen molar-refractivity contribution in [2.75, 3.05) is 0 Å². The number of carbonyl (C=O) groups is 1. The number of carboxylic acids is 1. The van der Waals surface area contributed by atoms with E-state index in [0.29, 0.717) is 27.5 Å². The lowest BCUT2D eigenvalue weighted by molar-refractivity contribution is 0.0687. The van der Waals surface area contributed by atoms with Crippen molar-refractivity contribution >= 4 is 27.8 Å². The number of aryl methyl sites for hydroxylation is 1. The summed E-state index contributed by atoms with van der Waals surface area (Å²) in [5.74, 6) is -1.76. The molecule has 0 saturated carbocycles. The Labute approximate surface area is 185 Å². The van der Waals surface area contributed by atoms with E-state index >= 15 is 0 Å². The zero-order valence-corrected chi connectivity index (χ0v) is 17.5. The van der Waals surface area contributed by atoms with Crippen LogP contribution < -0.4 is 11.1 Å². The fourth-order valence-corrected chi connectivity index (χ4v) is 4.33. The number of H-pyrrole nitrogens is 2. The molecule has 3 N–H and O–H groups in total. The number of carboxylic acid groups (broad SMARTS) is 1. The van der Waals surface area contributed by atoms with E-state index in [1.807, 2.05) is 12.1 Å². The summed E-state index contributed by atoms with van der Waals surface area (Å²) in [5.41, 5.74) is 1.25. The average Bonchev–Trinajstić information content (AvgIpc) is 3.07. The van der Waals surface area contributed by atoms with Crippen molar-refractivity contribution in [3.8, 4) is 11.1 Å². The summed E-state index contributed by atoms with van der Waals surface area (Å²) in [6.07, 6.45) is 1.46. The Kier molecular flexibility index (Phi) is 4.70. The average molecular weight is 443 g/mol. The first-order valence-corrected chi connectivity index (χ1v) is 10.2. The summed E-state index contributed by atoms with van der Waals surface area (Å²) >= 11 is 0. The van der Waals surface area contributed by atoms with Gasteiger partial charge in [0.2, 0.25) is 5.56 Å². The number of nitrogens with zero attached hydrogens (tertiary/aromatic N) is 1. The molecule has 0 aliphatic rings. The van der Waals surface area contributed by atoms with Gasteiger partial charge in [-0.25, -0.2) is 9.18 Å². The van der Waals surface area contributed by atoms with Gasteiger partial charge in [0.25, 0.3) is 5.56 Å². The molecule has 3 heterocycles. The number of hydrogen-bond acceptors (Lipinski definition) is 3. The highest BCUT2D eigenvalue weighted by atomic mass is 19.1. The van der Waals surface area contributed by atoms with Crippen molar-refractivity contribution in [2.24, 2.45) is 0 Å². The molecule has 7 nitrogen and oxygen atoms in total. The van der Waals surface area contributed by atoms with E-state index < -0.39 is 17.3 Å². The standard InChI is InChI=1S/C25H18FN3O4/c1-13-9-17-20(11-18(13)26)29(12-14-10-21(30)28-19-7-3-2-5-15(14)19)23(25(32)33)22(17)16-6-4-8-27-24(16)31/h2-11H,12H2,1H3,(H,27,31)(H,28,30)(H,32,33). The first-order chi connectivity index (χ1) is 15.8. The van der Waals surface area contributed by atoms with Gasteiger partial charge in [0.05, 0.1) is 5.52 Å². The van der Waals surface area contributed by atoms with Crippen LogP contribution in [0, 0.1) is 12.7 Å². The summed E-state index contributed by atoms with van der Waals surface area (Å²) in [4.78, 5) is 42.7. The van der Waals surface area contributed by atoms with Crippen LogP contribution in [0.3, 0.4) is 0 Å². The molecule has 2 aromatic carbocycles. The largest absolute Gasteiger partial charge is 0.477 e. The van der Waals surface area contributed by atoms with E-state index in [2.05, 4.69) is 9.97 Å². The van der Waals surface area contributed by atoms with E-state index in [-0.39, 0.29) is 28.9 Å². The second kappa shape index (κ2) is 7.59. The molecule has 0 atom stereocenters. The highest BCUT2D eigenvalue weighted by Gasteiger charge is 2.26. The van der Waals surface area contributed by atoms with Gasteiger partial charge in [0.1, 0.15) is 11.5 Å². The van der Waals surface area contributed by atoms with E-state index in [1.165, 1.54) is 29.0 Å². The number of aromatic amines is 2. The molecule has 5 aromatic rings. The Morgan fingerprint density at radius 2 is 1.85 bits per heavy atom. The van der Waals surface area contributed by atoms with Gasteiger partial charge >= 0.3 is 5.97 Å². The second-order valence-corrected chi connectivity index (χ2v) is 7.85. The Hall–Kier alpha value is -4.46. The number of nitrogens with one attached hydrogen (secondary N) is 2. The molecule has 0 spiro atoms. The number of rotatable bonds is 4. The topological polar surface area (TPSA) is 108 Å². The summed E-state index contributed by atoms with van der Waals surface area (Å²) in [6.45, 7) is 1.58. The van der Waals surface area contributed by atoms with Gasteiger partial charge in [-0.15, -0.1) is 0 Å². The third-order valence-corrected chi connectivity index (χ3v) is 5.80. The Morgan fingerprint density at radius 3 is 2.61 bits per heavy atom. The Morgan fingerprint density at radius 1 is 1.06 bits per heavy atom. The molecule has 5 rings (SSSR count). The normalized spacial score (nSPS) is 11.3. The predicted octanol–water partition coefficient (Wildman–Crippen LogP) is 4.03. The summed E-state index contributed by atoms with van der Waals surface area (Å²) in [7, 11) is 0. The lowest BCUT2D eigenvalue weighted by Gasteiger charge is -2.12. The van der Waals surface area contributed by atoms with Crippen molar-refractivity contribution < 1.29 is 14.3 Å². The van der Waals surface area contributed by atoms with Crippen LogP contribution in [0.2, 0.25) is 0 Å². The minimum atomic E-state index is -1.27. The molecule has 164 valence electrons. The zero-order chi connectivity index (χ0) is 23.3. The number of pyridine rings is 2. The van der Waals surface area contributed by atoms with Gasteiger partial charge in [-0.2, -0.15) is 0 Å². The molecule has 0 aliphatic heterocycles. The maximum atomic E-state index is 14.6. The second-order valence-electron chi connectivity index (χ2n) is 7.85. The fraction of sp³-hybridized carbons (Fsp3) is 0.0800. The molecular formula is C25H18FN3O4. The van der Waals surface area contributed by atoms with Crippen LogP contribution in [0.25, 0.3) is 32.9 Å². The summed E-state index contributed by atoms with van der Waals surface area (Å²) < 4.78 is 16.1. The van der Waals surface area contributed by atoms with E-state index in [0.717, 1.165) is 5.39 Å². The number of benzene rings is 2. The van der Waals surface area contributed by atoms with Gasteiger partial charge in [-0.05, 0) is 48.4 Å². The number of halogens is 1. The Bertz CT molecular complexity index is 1690. The van der Waals surface area contributed by atoms with Crippen LogP contribution in [0.5, 0.6) is 0 Å². The fourth-order valence-electron chi connectivity index (χ4n) is 4.33. The zero-order valence-electron chi connectivity index (χ0n) is 17.5. The van der Waals surface area contributed by atoms with Gasteiger partial charge in [-0.1, -0.05) is 18.2 Å². The van der Waals surface area contributed by atoms with E-state index in [1.54, 1.807) is 31.2 Å². The highest BCUT2D eigenvalue weighted by Crippen LogP contribution is 2.36. The smallest absolute Gasteiger partial charge is 0.353 e. The molecule has 8 heteroatoms. The monoisotopic (exact) mass is 443 g/mol. The van der Waals surface area contributed by atoms with Crippen LogP contribution in [-0.2, 0) is 6.54 Å². The third-order valence-electron chi connectivity index (χ3n) is 5.80. The summed E-state index contributed by atoms with van der Waals surface area (Å²) in [6, 6.07) is 14.5. The summed E-state index contributed by atoms with van der Waals surface area (Å²) in [5, 5.41) is 11.4. The molecule has 0 saturated heterocycles. The first kappa shape index (κ1) is 20.4. The molecule has 0 unspecified atom stereocenters. The molecular weight excluding hydrogens is 425 g/mol. The number of hydrogen-bond donors (Lipinski definition) is 3. The Balaban J connectivity index is 1.89. The number of aromatic carboxylic acids is 1. The minimum absolute atomic E-state index is 0.00416. The van der Waals surface area contributed by atoms with Crippen molar-refractivity contribution in [3.05, 3.63) is 104 Å². The predicted molar refractivity (Wildman–Crippen MR) is 123 cm³/mol. The number of fused-ring (bicyclic) bond motifs is 2. The van der Waals surface area contributed by atoms with Crippen LogP contribution in [0.1, 0.15) is 21.6 Å². The molecule has 0 fully saturated rings. The maximum Gasteiger partial charge on any atom is 0.353 e. The van der Waals surface area contributed by atoms with Crippen molar-refractivity contribution in [1.82, 2.24) is 14.5 Å². The molecule has 3 aromatic heterocycles. The molecule has 0 aliphatic carbocycles. The van der Waals surface area contributed by atoms with Crippen molar-refractivity contribution in [2.45, 2.75) is 13.5 Å². The lowest BCUT2D eigenvalue weighted by Crippen LogP contribution is -2.15. The minimum Gasteiger partial charge on any atom is -0.477 e. The first-order valence-electron chi connectivity index (χ1n) is 10.2. The highest BCUT2D eigenvalue weighted by molar-refractivity contribution is 6.08. The SMILES string of the molecule is Cc1cc2c(-c3ccc[nH]c3=O)c(C(=O)O)n(Cc3cc(=O)[nH]c4ccccc34)c2cc1F. The molecule has 0 amide bonds. The van der Waals surface area contributed by atoms with Gasteiger partial charge in [0.15, 0.2) is 0 Å². The van der Waals surface area contributed by atoms with Crippen LogP contribution >= 0.6 is 0 Å². The number of para-hydroxylation sites is 1. The van der Waals surface area contributed by atoms with Gasteiger partial charge < -0.3 is 19.6 Å². The molecule has 0 bridgehead atoms. The van der Waals surface area contributed by atoms with E-state index in [4.69, 9.17) is 0 Å². The molecule has 0 radical (unpaired) electrons. The van der Waals surface area contributed by atoms with E-state index in [9.17, 15) is 23.9 Å². The van der Waals surface area contributed by atoms with Crippen molar-refractivity contribution in [3.63, 3.8) is 0 Å². The maximum absolute atomic E-state index is 14.6. The third kappa shape index (κ3) is 3.32. The van der Waals surface area contributed by atoms with Gasteiger partial charge in [0, 0.05) is 46.2 Å². The van der Waals surface area contributed by atoms with Crippen LogP contribution in [0.4, 0.5) is 4.39 Å². The molecule has 33 heavy (non-hydrogen) atoms. The van der Waals surface area contributed by atoms with Crippen molar-refractivity contribution in [1.29, 1.82) is 0 Å². The van der Waals surface area contributed by atoms with Gasteiger partial charge in [-0.3, -0.25) is 9.59 Å². The van der Waals surface area contributed by atoms with Crippen LogP contribution in [0.15, 0.2) is 70.4 Å². The number of aromatic nitrogens is 3.